The molecule has 3 aromatic carbocycles. The molecule has 1 aliphatic carbocycles. The number of benzene rings is 3. The maximum atomic E-state index is 15.5. The van der Waals surface area contributed by atoms with Gasteiger partial charge in [-0.3, -0.25) is 14.4 Å². The van der Waals surface area contributed by atoms with Gasteiger partial charge in [-0.2, -0.15) is 0 Å². The smallest absolute Gasteiger partial charge is 0.203 e. The number of hydrogen-bond acceptors (Lipinski definition) is 15. The van der Waals surface area contributed by atoms with Crippen LogP contribution in [0.25, 0.3) is 0 Å². The van der Waals surface area contributed by atoms with Gasteiger partial charge in [0.25, 0.3) is 0 Å². The third kappa shape index (κ3) is 44.2. The predicted octanol–water partition coefficient (Wildman–Crippen LogP) is 29.3. The number of carbonyl (C=O) groups is 3. The monoisotopic (exact) mass is 1590 g/mol. The molecule has 648 valence electrons. The van der Waals surface area contributed by atoms with Crippen LogP contribution in [0.1, 0.15) is 409 Å². The largest absolute Gasteiger partial charge is 0.489 e. The fourth-order valence-corrected chi connectivity index (χ4v) is 14.2. The van der Waals surface area contributed by atoms with Crippen molar-refractivity contribution in [1.82, 2.24) is 0 Å². The molecule has 0 aromatic heterocycles. The topological polar surface area (TPSA) is 170 Å². The fourth-order valence-electron chi connectivity index (χ4n) is 14.2. The maximum Gasteiger partial charge on any atom is 0.203 e. The van der Waals surface area contributed by atoms with Gasteiger partial charge in [0.1, 0.15) is 0 Å². The van der Waals surface area contributed by atoms with Crippen molar-refractivity contribution in [3.05, 3.63) is 71.7 Å². The summed E-state index contributed by atoms with van der Waals surface area (Å²) in [7, 11) is 0. The average Bonchev–Trinajstić information content (AvgIpc) is 0.770. The van der Waals surface area contributed by atoms with E-state index in [0.717, 1.165) is 173 Å². The zero-order valence-electron chi connectivity index (χ0n) is 74.1. The highest BCUT2D eigenvalue weighted by Crippen LogP contribution is 2.45. The van der Waals surface area contributed by atoms with Gasteiger partial charge in [0, 0.05) is 72.1 Å². The van der Waals surface area contributed by atoms with Crippen LogP contribution in [0, 0.1) is 0 Å². The number of ether oxygens (including phenoxy) is 9. The number of anilines is 3. The van der Waals surface area contributed by atoms with Crippen LogP contribution in [-0.4, -0.2) is 76.8 Å². The van der Waals surface area contributed by atoms with Gasteiger partial charge >= 0.3 is 0 Å². The Morgan fingerprint density at radius 3 is 0.474 bits per heavy atom. The van der Waals surface area contributed by atoms with Crippen LogP contribution in [0.3, 0.4) is 0 Å². The van der Waals surface area contributed by atoms with Gasteiger partial charge in [0.15, 0.2) is 34.5 Å². The second-order valence-corrected chi connectivity index (χ2v) is 32.0. The molecule has 1 saturated carbocycles. The minimum absolute atomic E-state index is 0.239. The first-order valence-electron chi connectivity index (χ1n) is 47.4. The third-order valence-corrected chi connectivity index (χ3v) is 21.4. The lowest BCUT2D eigenvalue weighted by atomic mass is 9.84. The third-order valence-electron chi connectivity index (χ3n) is 21.4. The molecule has 3 N–H and O–H groups in total. The van der Waals surface area contributed by atoms with E-state index in [-0.39, 0.29) is 16.7 Å². The molecular weight excluding hydrogens is 1420 g/mol. The van der Waals surface area contributed by atoms with Crippen molar-refractivity contribution in [2.24, 2.45) is 0 Å². The zero-order chi connectivity index (χ0) is 81.8. The Labute approximate surface area is 695 Å². The Balaban J connectivity index is 1.99. The summed E-state index contributed by atoms with van der Waals surface area (Å²) in [6.07, 6.45) is 64.2. The van der Waals surface area contributed by atoms with E-state index in [1.807, 2.05) is 36.4 Å². The van der Waals surface area contributed by atoms with E-state index in [1.54, 1.807) is 0 Å². The van der Waals surface area contributed by atoms with Crippen LogP contribution in [0.4, 0.5) is 17.1 Å². The van der Waals surface area contributed by atoms with Crippen LogP contribution in [0.15, 0.2) is 71.7 Å². The number of rotatable bonds is 78. The highest BCUT2D eigenvalue weighted by atomic mass is 16.6. The van der Waals surface area contributed by atoms with Gasteiger partial charge in [-0.05, 0) is 57.8 Å². The lowest BCUT2D eigenvalue weighted by Crippen LogP contribution is -2.33. The van der Waals surface area contributed by atoms with E-state index in [9.17, 15) is 0 Å². The summed E-state index contributed by atoms with van der Waals surface area (Å²) in [6.45, 7) is 24.5. The van der Waals surface area contributed by atoms with Gasteiger partial charge in [-0.1, -0.05) is 351 Å². The second-order valence-electron chi connectivity index (χ2n) is 32.0. The zero-order valence-corrected chi connectivity index (χ0v) is 74.1. The van der Waals surface area contributed by atoms with E-state index in [4.69, 9.17) is 42.6 Å². The van der Waals surface area contributed by atoms with Gasteiger partial charge in [0.2, 0.25) is 34.6 Å². The summed E-state index contributed by atoms with van der Waals surface area (Å²) >= 11 is 0. The quantitative estimate of drug-likeness (QED) is 0.0277. The van der Waals surface area contributed by atoms with Crippen LogP contribution in [0.2, 0.25) is 0 Å². The summed E-state index contributed by atoms with van der Waals surface area (Å²) < 4.78 is 60.4. The Kier molecular flexibility index (Phi) is 60.0. The number of hydrogen-bond donors (Lipinski definition) is 3. The van der Waals surface area contributed by atoms with Crippen molar-refractivity contribution in [3.63, 3.8) is 0 Å². The molecule has 1 aliphatic rings. The van der Waals surface area contributed by atoms with Crippen molar-refractivity contribution in [2.75, 3.05) is 75.4 Å². The van der Waals surface area contributed by atoms with Crippen LogP contribution in [-0.2, 0) is 14.4 Å². The molecule has 0 bridgehead atoms. The number of allylic oxidation sites excluding steroid dienone is 3. The van der Waals surface area contributed by atoms with Crippen molar-refractivity contribution in [3.8, 4) is 51.7 Å². The number of Topliss-reactive ketones (excluding diaryl/α,β-unsaturated/α-hetero) is 3. The molecule has 0 aliphatic heterocycles. The summed E-state index contributed by atoms with van der Waals surface area (Å²) in [4.78, 5) is 46.6. The van der Waals surface area contributed by atoms with Gasteiger partial charge in [-0.25, -0.2) is 0 Å². The lowest BCUT2D eigenvalue weighted by Gasteiger charge is -2.21. The first-order valence-corrected chi connectivity index (χ1v) is 47.4. The lowest BCUT2D eigenvalue weighted by molar-refractivity contribution is -0.124. The molecule has 4 rings (SSSR count). The summed E-state index contributed by atoms with van der Waals surface area (Å²) in [5.41, 5.74) is 0.857. The average molecular weight is 1590 g/mol. The van der Waals surface area contributed by atoms with E-state index < -0.39 is 17.3 Å². The maximum absolute atomic E-state index is 15.5. The first kappa shape index (κ1) is 99.8. The summed E-state index contributed by atoms with van der Waals surface area (Å²) in [5.74, 6) is 2.55. The molecule has 0 heterocycles. The Bertz CT molecular complexity index is 2590. The molecule has 15 heteroatoms. The molecular formula is C99H165N3O12. The molecule has 3 aromatic rings. The van der Waals surface area contributed by atoms with Crippen LogP contribution < -0.4 is 58.6 Å². The number of unbranched alkanes of at least 4 members (excludes halogenated alkanes) is 45. The summed E-state index contributed by atoms with van der Waals surface area (Å²) in [6, 6.07) is 11.3. The molecule has 0 radical (unpaired) electrons. The number of ketones is 3. The predicted molar refractivity (Wildman–Crippen MR) is 479 cm³/mol. The molecule has 0 unspecified atom stereocenters. The first-order chi connectivity index (χ1) is 56.1. The standard InChI is InChI=1S/C99H165N3O12/c1-10-19-28-37-46-55-64-106-88-73-82(74-89(107-65-56-47-38-29-20-11-2)97(88)112-70-61-52-43-34-25-16-7)100-79-85-94(103)86(80-101-83-75-90(108-66-57-48-39-30-21-12-3)98(113-71-62-53-44-35-26-17-8)91(76-83)109-67-58-49-40-31-22-13-4)96(105)87(95(85)104)81-102-84-77-92(110-68-59-50-41-32-23-14-5)99(114-72-63-54-45-36-27-18-9)93(78-84)111-69-60-51-42-33-24-15-6/h73-81,100-102H,10-72H2,1-9H3. The number of nitrogens with one attached hydrogen (secondary N) is 3. The molecule has 0 atom stereocenters. The Morgan fingerprint density at radius 1 is 0.193 bits per heavy atom. The highest BCUT2D eigenvalue weighted by molar-refractivity contribution is 6.51. The van der Waals surface area contributed by atoms with Gasteiger partial charge in [0.05, 0.1) is 76.2 Å². The van der Waals surface area contributed by atoms with Gasteiger partial charge < -0.3 is 58.6 Å². The minimum Gasteiger partial charge on any atom is -0.489 e. The minimum atomic E-state index is -0.749. The molecule has 0 saturated heterocycles. The SMILES string of the molecule is CCCCCCCCOc1cc(NC=C2C(=O)C(=CNc3cc(OCCCCCCCC)c(OCCCCCCCC)c(OCCCCCCCC)c3)C(=O)C(=CNc3cc(OCCCCCCCC)c(OCCCCCCCC)c(OCCCCCCCC)c3)C2=O)cc(OCCCCCCCC)c1OCCCCCCCC. The number of carbonyl (C=O) groups excluding carboxylic acids is 3. The Morgan fingerprint density at radius 2 is 0.325 bits per heavy atom. The van der Waals surface area contributed by atoms with Gasteiger partial charge in [-0.15, -0.1) is 0 Å². The van der Waals surface area contributed by atoms with Crippen molar-refractivity contribution < 1.29 is 57.0 Å². The molecule has 0 spiro atoms. The van der Waals surface area contributed by atoms with E-state index in [2.05, 4.69) is 78.3 Å². The van der Waals surface area contributed by atoms with Crippen molar-refractivity contribution in [1.29, 1.82) is 0 Å². The molecule has 0 amide bonds. The Hall–Kier alpha value is -6.51. The fraction of sp³-hybridized carbons (Fsp3) is 0.727. The van der Waals surface area contributed by atoms with Crippen molar-refractivity contribution in [2.45, 2.75) is 409 Å². The van der Waals surface area contributed by atoms with E-state index in [1.165, 1.54) is 192 Å². The molecule has 1 fully saturated rings. The molecule has 15 nitrogen and oxygen atoms in total. The molecule has 114 heavy (non-hydrogen) atoms. The summed E-state index contributed by atoms with van der Waals surface area (Å²) in [5, 5.41) is 10.1. The van der Waals surface area contributed by atoms with E-state index >= 15 is 14.4 Å². The van der Waals surface area contributed by atoms with Crippen LogP contribution >= 0.6 is 0 Å². The van der Waals surface area contributed by atoms with Crippen molar-refractivity contribution >= 4 is 34.4 Å². The highest BCUT2D eigenvalue weighted by Gasteiger charge is 2.39. The van der Waals surface area contributed by atoms with Crippen LogP contribution in [0.5, 0.6) is 51.7 Å². The van der Waals surface area contributed by atoms with E-state index in [0.29, 0.717) is 128 Å². The second kappa shape index (κ2) is 68.5. The normalized spacial score (nSPS) is 12.2.